The Hall–Kier alpha value is -0.0200. The maximum Gasteiger partial charge on any atom is 0.101 e. The summed E-state index contributed by atoms with van der Waals surface area (Å²) in [5.41, 5.74) is 1.90. The summed E-state index contributed by atoms with van der Waals surface area (Å²) in [7, 11) is 0. The summed E-state index contributed by atoms with van der Waals surface area (Å²) in [4.78, 5) is 4.05. The predicted octanol–water partition coefficient (Wildman–Crippen LogP) is 1.35. The molecule has 1 heterocycles. The van der Waals surface area contributed by atoms with E-state index >= 15 is 0 Å². The van der Waals surface area contributed by atoms with Crippen molar-refractivity contribution in [2.24, 2.45) is 4.99 Å². The fourth-order valence-corrected chi connectivity index (χ4v) is 1.32. The van der Waals surface area contributed by atoms with Gasteiger partial charge in [-0.15, -0.1) is 0 Å². The molecule has 1 aliphatic rings. The quantitative estimate of drug-likeness (QED) is 0.524. The summed E-state index contributed by atoms with van der Waals surface area (Å²) in [5.74, 6) is 0. The first-order chi connectivity index (χ1) is 3.93. The molecule has 1 aliphatic heterocycles. The Balaban J connectivity index is 2.10. The van der Waals surface area contributed by atoms with Gasteiger partial charge in [0.2, 0.25) is 0 Å². The molecule has 0 bridgehead atoms. The van der Waals surface area contributed by atoms with Crippen molar-refractivity contribution < 1.29 is 0 Å². The van der Waals surface area contributed by atoms with E-state index in [0.29, 0.717) is 0 Å². The standard InChI is InChI=1S/C5H10N2S/c1-2-3-7-4-6-5-8-7/h5H,2-4H2,1H3. The van der Waals surface area contributed by atoms with E-state index in [9.17, 15) is 0 Å². The van der Waals surface area contributed by atoms with Crippen molar-refractivity contribution in [3.05, 3.63) is 0 Å². The summed E-state index contributed by atoms with van der Waals surface area (Å²) in [6.07, 6.45) is 1.22. The fraction of sp³-hybridized carbons (Fsp3) is 0.800. The second kappa shape index (κ2) is 3.10. The first-order valence-corrected chi connectivity index (χ1v) is 3.67. The van der Waals surface area contributed by atoms with E-state index in [1.165, 1.54) is 6.42 Å². The molecule has 8 heavy (non-hydrogen) atoms. The van der Waals surface area contributed by atoms with Crippen LogP contribution < -0.4 is 0 Å². The van der Waals surface area contributed by atoms with Gasteiger partial charge in [-0.3, -0.25) is 4.99 Å². The number of hydrogen-bond donors (Lipinski definition) is 0. The average Bonchev–Trinajstić information content (AvgIpc) is 2.19. The number of nitrogens with zero attached hydrogens (tertiary/aromatic N) is 2. The van der Waals surface area contributed by atoms with E-state index in [1.807, 2.05) is 5.55 Å². The highest BCUT2D eigenvalue weighted by Gasteiger charge is 2.04. The molecule has 2 nitrogen and oxygen atoms in total. The molecule has 1 rings (SSSR count). The van der Waals surface area contributed by atoms with Crippen LogP contribution in [-0.4, -0.2) is 23.1 Å². The Kier molecular flexibility index (Phi) is 2.36. The van der Waals surface area contributed by atoms with E-state index < -0.39 is 0 Å². The molecule has 0 saturated heterocycles. The van der Waals surface area contributed by atoms with Gasteiger partial charge in [0.15, 0.2) is 0 Å². The molecule has 0 aromatic carbocycles. The molecule has 0 amide bonds. The first-order valence-electron chi connectivity index (χ1n) is 2.83. The van der Waals surface area contributed by atoms with Crippen LogP contribution in [-0.2, 0) is 0 Å². The lowest BCUT2D eigenvalue weighted by molar-refractivity contribution is 0.496. The summed E-state index contributed by atoms with van der Waals surface area (Å²) in [6, 6.07) is 0. The second-order valence-corrected chi connectivity index (χ2v) is 2.68. The van der Waals surface area contributed by atoms with Crippen LogP contribution in [0, 0.1) is 0 Å². The molecule has 0 fully saturated rings. The van der Waals surface area contributed by atoms with Gasteiger partial charge in [-0.1, -0.05) is 6.92 Å². The van der Waals surface area contributed by atoms with Crippen LogP contribution in [0.2, 0.25) is 0 Å². The molecule has 0 aromatic rings. The third-order valence-electron chi connectivity index (χ3n) is 0.983. The molecule has 3 heteroatoms. The summed E-state index contributed by atoms with van der Waals surface area (Å²) < 4.78 is 2.24. The van der Waals surface area contributed by atoms with Crippen molar-refractivity contribution in [1.29, 1.82) is 0 Å². The Morgan fingerprint density at radius 1 is 1.88 bits per heavy atom. The van der Waals surface area contributed by atoms with Gasteiger partial charge in [0.1, 0.15) is 6.67 Å². The minimum Gasteiger partial charge on any atom is -0.269 e. The number of aliphatic imine (C=N–C) groups is 1. The van der Waals surface area contributed by atoms with Gasteiger partial charge in [-0.2, -0.15) is 0 Å². The molecule has 46 valence electrons. The van der Waals surface area contributed by atoms with Crippen molar-refractivity contribution in [2.75, 3.05) is 13.2 Å². The van der Waals surface area contributed by atoms with Crippen molar-refractivity contribution in [1.82, 2.24) is 4.31 Å². The maximum atomic E-state index is 4.05. The summed E-state index contributed by atoms with van der Waals surface area (Å²) in [5, 5.41) is 0. The molecule has 0 saturated carbocycles. The lowest BCUT2D eigenvalue weighted by Gasteiger charge is -2.07. The van der Waals surface area contributed by atoms with Gasteiger partial charge in [-0.25, -0.2) is 4.31 Å². The predicted molar refractivity (Wildman–Crippen MR) is 37.9 cm³/mol. The molecular formula is C5H10N2S. The van der Waals surface area contributed by atoms with Crippen molar-refractivity contribution in [3.63, 3.8) is 0 Å². The van der Waals surface area contributed by atoms with Gasteiger partial charge in [0, 0.05) is 6.54 Å². The van der Waals surface area contributed by atoms with Crippen LogP contribution in [0.3, 0.4) is 0 Å². The van der Waals surface area contributed by atoms with Crippen molar-refractivity contribution in [2.45, 2.75) is 13.3 Å². The SMILES string of the molecule is CCCN1CN=CS1. The van der Waals surface area contributed by atoms with Crippen LogP contribution in [0.4, 0.5) is 0 Å². The molecule has 0 N–H and O–H groups in total. The van der Waals surface area contributed by atoms with Gasteiger partial charge < -0.3 is 0 Å². The Morgan fingerprint density at radius 2 is 2.75 bits per heavy atom. The van der Waals surface area contributed by atoms with Gasteiger partial charge >= 0.3 is 0 Å². The third-order valence-corrected chi connectivity index (χ3v) is 1.82. The van der Waals surface area contributed by atoms with Gasteiger partial charge in [-0.05, 0) is 18.4 Å². The minimum absolute atomic E-state index is 0.887. The number of hydrogen-bond acceptors (Lipinski definition) is 3. The van der Waals surface area contributed by atoms with Crippen LogP contribution in [0.25, 0.3) is 0 Å². The molecule has 0 unspecified atom stereocenters. The third kappa shape index (κ3) is 1.49. The first kappa shape index (κ1) is 6.11. The molecule has 0 aliphatic carbocycles. The summed E-state index contributed by atoms with van der Waals surface area (Å²) in [6.45, 7) is 4.22. The summed E-state index contributed by atoms with van der Waals surface area (Å²) >= 11 is 1.71. The highest BCUT2D eigenvalue weighted by atomic mass is 32.2. The van der Waals surface area contributed by atoms with Crippen LogP contribution >= 0.6 is 11.9 Å². The zero-order valence-electron chi connectivity index (χ0n) is 5.00. The van der Waals surface area contributed by atoms with Gasteiger partial charge in [0.25, 0.3) is 0 Å². The monoisotopic (exact) mass is 130 g/mol. The maximum absolute atomic E-state index is 4.05. The van der Waals surface area contributed by atoms with E-state index in [4.69, 9.17) is 0 Å². The molecule has 0 atom stereocenters. The topological polar surface area (TPSA) is 15.6 Å². The molecular weight excluding hydrogens is 120 g/mol. The zero-order chi connectivity index (χ0) is 5.82. The van der Waals surface area contributed by atoms with E-state index in [2.05, 4.69) is 16.2 Å². The molecule has 0 radical (unpaired) electrons. The van der Waals surface area contributed by atoms with Gasteiger partial charge in [0.05, 0.1) is 5.55 Å². The fourth-order valence-electron chi connectivity index (χ4n) is 0.631. The van der Waals surface area contributed by atoms with E-state index in [-0.39, 0.29) is 0 Å². The molecule has 0 aromatic heterocycles. The minimum atomic E-state index is 0.887. The van der Waals surface area contributed by atoms with Crippen molar-refractivity contribution in [3.8, 4) is 0 Å². The number of rotatable bonds is 2. The van der Waals surface area contributed by atoms with Crippen LogP contribution in [0.1, 0.15) is 13.3 Å². The smallest absolute Gasteiger partial charge is 0.101 e. The normalized spacial score (nSPS) is 20.1. The molecule has 0 spiro atoms. The van der Waals surface area contributed by atoms with E-state index in [1.54, 1.807) is 11.9 Å². The van der Waals surface area contributed by atoms with Crippen molar-refractivity contribution >= 4 is 17.5 Å². The highest BCUT2D eigenvalue weighted by Crippen LogP contribution is 2.11. The second-order valence-electron chi connectivity index (χ2n) is 1.74. The van der Waals surface area contributed by atoms with Crippen LogP contribution in [0.15, 0.2) is 4.99 Å². The lowest BCUT2D eigenvalue weighted by Crippen LogP contribution is -2.11. The largest absolute Gasteiger partial charge is 0.269 e. The average molecular weight is 130 g/mol. The zero-order valence-corrected chi connectivity index (χ0v) is 5.82. The Bertz CT molecular complexity index is 84.4. The van der Waals surface area contributed by atoms with E-state index in [0.717, 1.165) is 13.2 Å². The Morgan fingerprint density at radius 3 is 3.25 bits per heavy atom. The Labute approximate surface area is 54.1 Å². The highest BCUT2D eigenvalue weighted by molar-refractivity contribution is 8.10. The lowest BCUT2D eigenvalue weighted by atomic mass is 10.5. The van der Waals surface area contributed by atoms with Crippen LogP contribution in [0.5, 0.6) is 0 Å².